The van der Waals surface area contributed by atoms with Crippen LogP contribution in [-0.2, 0) is 16.4 Å². The number of nitriles is 1. The fourth-order valence-corrected chi connectivity index (χ4v) is 3.76. The third-order valence-corrected chi connectivity index (χ3v) is 5.13. The third kappa shape index (κ3) is 4.92. The zero-order chi connectivity index (χ0) is 17.7. The number of rotatable bonds is 6. The minimum atomic E-state index is -2.98. The molecule has 4 nitrogen and oxygen atoms in total. The minimum absolute atomic E-state index is 0.0426. The van der Waals surface area contributed by atoms with Crippen LogP contribution in [-0.4, -0.2) is 38.4 Å². The fraction of sp³-hybridized carbons (Fsp3) is 0.316. The van der Waals surface area contributed by atoms with Gasteiger partial charge < -0.3 is 0 Å². The van der Waals surface area contributed by atoms with Crippen molar-refractivity contribution in [3.63, 3.8) is 0 Å². The minimum Gasteiger partial charge on any atom is -0.298 e. The van der Waals surface area contributed by atoms with Crippen molar-refractivity contribution in [2.24, 2.45) is 0 Å². The van der Waals surface area contributed by atoms with Gasteiger partial charge in [0.05, 0.1) is 17.4 Å². The first-order valence-electron chi connectivity index (χ1n) is 7.76. The Morgan fingerprint density at radius 2 is 1.75 bits per heavy atom. The lowest BCUT2D eigenvalue weighted by Crippen LogP contribution is -2.34. The summed E-state index contributed by atoms with van der Waals surface area (Å²) in [6, 6.07) is 17.7. The summed E-state index contributed by atoms with van der Waals surface area (Å²) in [4.78, 5) is 2.03. The van der Waals surface area contributed by atoms with Gasteiger partial charge in [-0.25, -0.2) is 8.42 Å². The highest BCUT2D eigenvalue weighted by Gasteiger charge is 2.15. The summed E-state index contributed by atoms with van der Waals surface area (Å²) in [7, 11) is -1.06. The van der Waals surface area contributed by atoms with Gasteiger partial charge in [0, 0.05) is 18.8 Å². The first-order valence-corrected chi connectivity index (χ1v) is 9.82. The van der Waals surface area contributed by atoms with Gasteiger partial charge in [0.25, 0.3) is 0 Å². The van der Waals surface area contributed by atoms with Gasteiger partial charge in [0.15, 0.2) is 0 Å². The van der Waals surface area contributed by atoms with Crippen molar-refractivity contribution in [3.8, 4) is 17.2 Å². The highest BCUT2D eigenvalue weighted by atomic mass is 32.2. The molecule has 0 amide bonds. The van der Waals surface area contributed by atoms with Gasteiger partial charge in [0.1, 0.15) is 9.84 Å². The summed E-state index contributed by atoms with van der Waals surface area (Å²) in [5.74, 6) is 0.150. The standard InChI is InChI=1S/C19H22N2O2S/c1-15(14-24(3,22)23)21(2)13-16-8-10-17(11-9-16)19-7-5-4-6-18(19)12-20/h4-11,15H,13-14H2,1-3H3. The Kier molecular flexibility index (Phi) is 5.76. The summed E-state index contributed by atoms with van der Waals surface area (Å²) < 4.78 is 22.8. The molecular formula is C19H22N2O2S. The number of nitrogens with zero attached hydrogens (tertiary/aromatic N) is 2. The normalized spacial score (nSPS) is 12.8. The zero-order valence-electron chi connectivity index (χ0n) is 14.2. The Hall–Kier alpha value is -2.16. The molecule has 5 heteroatoms. The monoisotopic (exact) mass is 342 g/mol. The third-order valence-electron chi connectivity index (χ3n) is 4.04. The second kappa shape index (κ2) is 7.61. The molecule has 0 spiro atoms. The van der Waals surface area contributed by atoms with E-state index in [2.05, 4.69) is 6.07 Å². The van der Waals surface area contributed by atoms with Crippen molar-refractivity contribution in [2.45, 2.75) is 19.5 Å². The smallest absolute Gasteiger partial charge is 0.148 e. The van der Waals surface area contributed by atoms with E-state index in [1.54, 1.807) is 0 Å². The molecule has 0 fully saturated rings. The lowest BCUT2D eigenvalue weighted by molar-refractivity contribution is 0.267. The van der Waals surface area contributed by atoms with Gasteiger partial charge in [-0.1, -0.05) is 42.5 Å². The van der Waals surface area contributed by atoms with Crippen LogP contribution in [0.5, 0.6) is 0 Å². The fourth-order valence-electron chi connectivity index (χ4n) is 2.63. The lowest BCUT2D eigenvalue weighted by atomic mass is 9.99. The molecule has 2 rings (SSSR count). The predicted molar refractivity (Wildman–Crippen MR) is 97.2 cm³/mol. The Labute approximate surface area is 144 Å². The predicted octanol–water partition coefficient (Wildman–Crippen LogP) is 3.09. The zero-order valence-corrected chi connectivity index (χ0v) is 15.0. The van der Waals surface area contributed by atoms with Crippen molar-refractivity contribution in [1.82, 2.24) is 4.90 Å². The summed E-state index contributed by atoms with van der Waals surface area (Å²) in [6.45, 7) is 2.59. The molecule has 0 saturated carbocycles. The van der Waals surface area contributed by atoms with Gasteiger partial charge in [-0.2, -0.15) is 5.26 Å². The van der Waals surface area contributed by atoms with Crippen molar-refractivity contribution in [3.05, 3.63) is 59.7 Å². The Morgan fingerprint density at radius 3 is 2.33 bits per heavy atom. The molecule has 0 aliphatic carbocycles. The van der Waals surface area contributed by atoms with Crippen LogP contribution < -0.4 is 0 Å². The molecule has 2 aromatic carbocycles. The molecule has 1 atom stereocenters. The summed E-state index contributed by atoms with van der Waals surface area (Å²) in [5.41, 5.74) is 3.69. The molecule has 0 saturated heterocycles. The van der Waals surface area contributed by atoms with Crippen LogP contribution in [0.3, 0.4) is 0 Å². The maximum Gasteiger partial charge on any atom is 0.148 e. The van der Waals surface area contributed by atoms with Crippen LogP contribution in [0.15, 0.2) is 48.5 Å². The quantitative estimate of drug-likeness (QED) is 0.809. The van der Waals surface area contributed by atoms with E-state index in [0.717, 1.165) is 16.7 Å². The number of hydrogen-bond donors (Lipinski definition) is 0. The highest BCUT2D eigenvalue weighted by Crippen LogP contribution is 2.23. The van der Waals surface area contributed by atoms with Crippen LogP contribution in [0.4, 0.5) is 0 Å². The van der Waals surface area contributed by atoms with E-state index < -0.39 is 9.84 Å². The number of sulfone groups is 1. The highest BCUT2D eigenvalue weighted by molar-refractivity contribution is 7.90. The SMILES string of the molecule is CC(CS(C)(=O)=O)N(C)Cc1ccc(-c2ccccc2C#N)cc1. The second-order valence-electron chi connectivity index (χ2n) is 6.21. The van der Waals surface area contributed by atoms with Gasteiger partial charge in [-0.3, -0.25) is 4.90 Å². The van der Waals surface area contributed by atoms with E-state index in [0.29, 0.717) is 12.1 Å². The molecule has 24 heavy (non-hydrogen) atoms. The summed E-state index contributed by atoms with van der Waals surface area (Å²) >= 11 is 0. The molecule has 0 heterocycles. The van der Waals surface area contributed by atoms with E-state index in [4.69, 9.17) is 0 Å². The van der Waals surface area contributed by atoms with Crippen molar-refractivity contribution in [1.29, 1.82) is 5.26 Å². The van der Waals surface area contributed by atoms with Crippen LogP contribution in [0.2, 0.25) is 0 Å². The molecule has 0 bridgehead atoms. The molecule has 0 N–H and O–H groups in total. The lowest BCUT2D eigenvalue weighted by Gasteiger charge is -2.24. The van der Waals surface area contributed by atoms with E-state index in [1.807, 2.05) is 67.4 Å². The topological polar surface area (TPSA) is 61.2 Å². The molecule has 126 valence electrons. The van der Waals surface area contributed by atoms with Crippen molar-refractivity contribution in [2.75, 3.05) is 19.1 Å². The number of benzene rings is 2. The van der Waals surface area contributed by atoms with Crippen molar-refractivity contribution >= 4 is 9.84 Å². The van der Waals surface area contributed by atoms with Gasteiger partial charge in [-0.15, -0.1) is 0 Å². The van der Waals surface area contributed by atoms with E-state index in [1.165, 1.54) is 6.26 Å². The first kappa shape index (κ1) is 18.2. The molecule has 0 radical (unpaired) electrons. The largest absolute Gasteiger partial charge is 0.298 e. The maximum absolute atomic E-state index is 11.4. The molecule has 0 aromatic heterocycles. The van der Waals surface area contributed by atoms with Crippen LogP contribution in [0.1, 0.15) is 18.1 Å². The Balaban J connectivity index is 2.11. The maximum atomic E-state index is 11.4. The first-order chi connectivity index (χ1) is 11.3. The molecule has 2 aromatic rings. The second-order valence-corrected chi connectivity index (χ2v) is 8.40. The van der Waals surface area contributed by atoms with Gasteiger partial charge in [-0.05, 0) is 36.7 Å². The van der Waals surface area contributed by atoms with Crippen LogP contribution in [0.25, 0.3) is 11.1 Å². The van der Waals surface area contributed by atoms with E-state index >= 15 is 0 Å². The van der Waals surface area contributed by atoms with Crippen LogP contribution in [0, 0.1) is 11.3 Å². The summed E-state index contributed by atoms with van der Waals surface area (Å²) in [5, 5.41) is 9.20. The van der Waals surface area contributed by atoms with Gasteiger partial charge in [0.2, 0.25) is 0 Å². The van der Waals surface area contributed by atoms with E-state index in [9.17, 15) is 13.7 Å². The van der Waals surface area contributed by atoms with Crippen molar-refractivity contribution < 1.29 is 8.42 Å². The van der Waals surface area contributed by atoms with Gasteiger partial charge >= 0.3 is 0 Å². The molecule has 0 aliphatic heterocycles. The average Bonchev–Trinajstić information content (AvgIpc) is 2.54. The molecule has 0 aliphatic rings. The summed E-state index contributed by atoms with van der Waals surface area (Å²) in [6.07, 6.45) is 1.26. The molecule has 1 unspecified atom stereocenters. The van der Waals surface area contributed by atoms with E-state index in [-0.39, 0.29) is 11.8 Å². The van der Waals surface area contributed by atoms with Crippen LogP contribution >= 0.6 is 0 Å². The Bertz CT molecular complexity index is 836. The average molecular weight is 342 g/mol. The Morgan fingerprint density at radius 1 is 1.12 bits per heavy atom. The number of hydrogen-bond acceptors (Lipinski definition) is 4. The molecular weight excluding hydrogens is 320 g/mol.